The van der Waals surface area contributed by atoms with Crippen molar-refractivity contribution in [2.75, 3.05) is 0 Å². The third kappa shape index (κ3) is 3.70. The molecule has 3 nitrogen and oxygen atoms in total. The quantitative estimate of drug-likeness (QED) is 0.440. The number of hydrogen-bond acceptors (Lipinski definition) is 3. The van der Waals surface area contributed by atoms with Gasteiger partial charge in [0.2, 0.25) is 0 Å². The van der Waals surface area contributed by atoms with Crippen molar-refractivity contribution < 1.29 is 26.9 Å². The van der Waals surface area contributed by atoms with Crippen LogP contribution in [-0.4, -0.2) is 23.3 Å². The minimum absolute atomic E-state index is 0.328. The number of pyridine rings is 1. The second kappa shape index (κ2) is 5.75. The maximum atomic E-state index is 14.3. The van der Waals surface area contributed by atoms with Gasteiger partial charge >= 0.3 is 13.3 Å². The summed E-state index contributed by atoms with van der Waals surface area (Å²) in [7, 11) is -1.38. The average molecular weight is 352 g/mol. The van der Waals surface area contributed by atoms with Gasteiger partial charge in [0, 0.05) is 5.56 Å². The van der Waals surface area contributed by atoms with E-state index < -0.39 is 41.5 Å². The summed E-state index contributed by atoms with van der Waals surface area (Å²) < 4.78 is 64.1. The summed E-state index contributed by atoms with van der Waals surface area (Å²) in [4.78, 5) is 3.23. The van der Waals surface area contributed by atoms with Gasteiger partial charge in [0.05, 0.1) is 11.2 Å². The summed E-state index contributed by atoms with van der Waals surface area (Å²) >= 11 is 5.49. The Kier molecular flexibility index (Phi) is 4.56. The van der Waals surface area contributed by atoms with Crippen LogP contribution < -0.4 is 0 Å². The van der Waals surface area contributed by atoms with E-state index in [0.717, 1.165) is 12.1 Å². The maximum Gasteiger partial charge on any atom is 0.525 e. The SMILES string of the molecule is CC1(C)OB(C(F)=Cc2ccc(Cl)nc2C(F)(F)F)OC1(C)C. The molecule has 0 atom stereocenters. The summed E-state index contributed by atoms with van der Waals surface area (Å²) in [6.45, 7) is 6.85. The van der Waals surface area contributed by atoms with Gasteiger partial charge in [-0.3, -0.25) is 0 Å². The number of aromatic nitrogens is 1. The summed E-state index contributed by atoms with van der Waals surface area (Å²) in [5, 5.41) is -0.328. The zero-order chi connectivity index (χ0) is 17.6. The molecule has 0 amide bonds. The first-order chi connectivity index (χ1) is 10.3. The first kappa shape index (κ1) is 18.2. The van der Waals surface area contributed by atoms with Crippen LogP contribution in [0.15, 0.2) is 17.9 Å². The molecule has 2 heterocycles. The third-order valence-electron chi connectivity index (χ3n) is 3.93. The Morgan fingerprint density at radius 3 is 2.17 bits per heavy atom. The fourth-order valence-electron chi connectivity index (χ4n) is 1.96. The first-order valence-electron chi connectivity index (χ1n) is 6.80. The van der Waals surface area contributed by atoms with Crippen molar-refractivity contribution in [1.82, 2.24) is 4.98 Å². The van der Waals surface area contributed by atoms with Crippen LogP contribution in [0.1, 0.15) is 39.0 Å². The highest BCUT2D eigenvalue weighted by Gasteiger charge is 2.53. The highest BCUT2D eigenvalue weighted by Crippen LogP contribution is 2.39. The summed E-state index contributed by atoms with van der Waals surface area (Å²) in [6.07, 6.45) is -4.05. The predicted octanol–water partition coefficient (Wildman–Crippen LogP) is 4.70. The molecule has 0 aliphatic carbocycles. The van der Waals surface area contributed by atoms with Crippen molar-refractivity contribution in [3.05, 3.63) is 34.3 Å². The van der Waals surface area contributed by atoms with E-state index in [0.29, 0.717) is 6.08 Å². The fourth-order valence-corrected chi connectivity index (χ4v) is 2.11. The van der Waals surface area contributed by atoms with Crippen molar-refractivity contribution in [2.45, 2.75) is 45.1 Å². The van der Waals surface area contributed by atoms with Gasteiger partial charge in [0.1, 0.15) is 10.9 Å². The van der Waals surface area contributed by atoms with Crippen LogP contribution in [0.4, 0.5) is 17.6 Å². The van der Waals surface area contributed by atoms with Gasteiger partial charge in [-0.25, -0.2) is 9.37 Å². The van der Waals surface area contributed by atoms with Crippen LogP contribution in [0.5, 0.6) is 0 Å². The Balaban J connectivity index is 2.37. The third-order valence-corrected chi connectivity index (χ3v) is 4.14. The second-order valence-electron chi connectivity index (χ2n) is 6.19. The molecule has 9 heteroatoms. The molecule has 0 bridgehead atoms. The standard InChI is InChI=1S/C14H15BClF4NO2/c1-12(2)13(3,4)23-15(22-12)9(17)7-8-5-6-10(16)21-11(8)14(18,19)20/h5-7H,1-4H3. The van der Waals surface area contributed by atoms with Crippen molar-refractivity contribution in [2.24, 2.45) is 0 Å². The molecule has 0 aromatic carbocycles. The minimum atomic E-state index is -4.76. The highest BCUT2D eigenvalue weighted by atomic mass is 35.5. The van der Waals surface area contributed by atoms with Crippen molar-refractivity contribution in [3.63, 3.8) is 0 Å². The van der Waals surface area contributed by atoms with Gasteiger partial charge in [-0.15, -0.1) is 0 Å². The van der Waals surface area contributed by atoms with Crippen molar-refractivity contribution in [3.8, 4) is 0 Å². The lowest BCUT2D eigenvalue weighted by Crippen LogP contribution is -2.41. The van der Waals surface area contributed by atoms with Crippen LogP contribution in [0.25, 0.3) is 6.08 Å². The largest absolute Gasteiger partial charge is 0.525 e. The van der Waals surface area contributed by atoms with Gasteiger partial charge in [-0.2, -0.15) is 13.2 Å². The molecule has 0 saturated carbocycles. The average Bonchev–Trinajstić information content (AvgIpc) is 2.59. The molecular weight excluding hydrogens is 336 g/mol. The van der Waals surface area contributed by atoms with E-state index in [1.165, 1.54) is 0 Å². The molecule has 0 radical (unpaired) electrons. The van der Waals surface area contributed by atoms with E-state index in [1.54, 1.807) is 27.7 Å². The Hall–Kier alpha value is -1.12. The number of hydrogen-bond donors (Lipinski definition) is 0. The molecule has 1 saturated heterocycles. The van der Waals surface area contributed by atoms with Crippen LogP contribution in [-0.2, 0) is 15.5 Å². The lowest BCUT2D eigenvalue weighted by molar-refractivity contribution is -0.141. The lowest BCUT2D eigenvalue weighted by atomic mass is 9.86. The van der Waals surface area contributed by atoms with Crippen LogP contribution in [0, 0.1) is 0 Å². The number of nitrogens with zero attached hydrogens (tertiary/aromatic N) is 1. The molecule has 126 valence electrons. The Labute approximate surface area is 136 Å². The monoisotopic (exact) mass is 351 g/mol. The molecule has 1 aliphatic rings. The highest BCUT2D eigenvalue weighted by molar-refractivity contribution is 6.54. The molecule has 0 unspecified atom stereocenters. The smallest absolute Gasteiger partial charge is 0.398 e. The zero-order valence-corrected chi connectivity index (χ0v) is 13.7. The zero-order valence-electron chi connectivity index (χ0n) is 13.0. The number of halogens is 5. The molecular formula is C14H15BClF4NO2. The Bertz CT molecular complexity index is 630. The minimum Gasteiger partial charge on any atom is -0.398 e. The molecule has 0 N–H and O–H groups in total. The van der Waals surface area contributed by atoms with E-state index in [9.17, 15) is 17.6 Å². The second-order valence-corrected chi connectivity index (χ2v) is 6.57. The topological polar surface area (TPSA) is 31.4 Å². The normalized spacial score (nSPS) is 20.9. The Morgan fingerprint density at radius 2 is 1.70 bits per heavy atom. The van der Waals surface area contributed by atoms with E-state index >= 15 is 0 Å². The van der Waals surface area contributed by atoms with Gasteiger partial charge < -0.3 is 9.31 Å². The fraction of sp³-hybridized carbons (Fsp3) is 0.500. The van der Waals surface area contributed by atoms with Gasteiger partial charge in [-0.1, -0.05) is 11.6 Å². The molecule has 23 heavy (non-hydrogen) atoms. The first-order valence-corrected chi connectivity index (χ1v) is 7.18. The van der Waals surface area contributed by atoms with Crippen LogP contribution in [0.2, 0.25) is 5.15 Å². The van der Waals surface area contributed by atoms with Crippen molar-refractivity contribution in [1.29, 1.82) is 0 Å². The maximum absolute atomic E-state index is 14.3. The van der Waals surface area contributed by atoms with Gasteiger partial charge in [0.15, 0.2) is 5.69 Å². The summed E-state index contributed by atoms with van der Waals surface area (Å²) in [5.74, 6) is 0. The lowest BCUT2D eigenvalue weighted by Gasteiger charge is -2.32. The summed E-state index contributed by atoms with van der Waals surface area (Å²) in [5.41, 5.74) is -4.29. The van der Waals surface area contributed by atoms with E-state index in [4.69, 9.17) is 20.9 Å². The molecule has 1 fully saturated rings. The molecule has 1 aromatic rings. The number of rotatable bonds is 2. The van der Waals surface area contributed by atoms with Gasteiger partial charge in [0.25, 0.3) is 0 Å². The summed E-state index contributed by atoms with van der Waals surface area (Å²) in [6, 6.07) is 2.20. The van der Waals surface area contributed by atoms with Crippen LogP contribution >= 0.6 is 11.6 Å². The van der Waals surface area contributed by atoms with Crippen molar-refractivity contribution >= 4 is 24.8 Å². The number of alkyl halides is 3. The van der Waals surface area contributed by atoms with Crippen LogP contribution in [0.3, 0.4) is 0 Å². The molecule has 1 aliphatic heterocycles. The molecule has 1 aromatic heterocycles. The van der Waals surface area contributed by atoms with E-state index in [2.05, 4.69) is 4.98 Å². The Morgan fingerprint density at radius 1 is 1.17 bits per heavy atom. The predicted molar refractivity (Wildman–Crippen MR) is 79.4 cm³/mol. The van der Waals surface area contributed by atoms with Gasteiger partial charge in [-0.05, 0) is 45.9 Å². The van der Waals surface area contributed by atoms with E-state index in [-0.39, 0.29) is 5.15 Å². The van der Waals surface area contributed by atoms with E-state index in [1.807, 2.05) is 0 Å². The molecule has 0 spiro atoms. The molecule has 2 rings (SSSR count).